The van der Waals surface area contributed by atoms with Gasteiger partial charge in [-0.3, -0.25) is 9.78 Å². The lowest BCUT2D eigenvalue weighted by Gasteiger charge is -2.42. The van der Waals surface area contributed by atoms with Crippen molar-refractivity contribution >= 4 is 5.91 Å². The van der Waals surface area contributed by atoms with Gasteiger partial charge < -0.3 is 14.5 Å². The molecule has 6 heteroatoms. The van der Waals surface area contributed by atoms with Gasteiger partial charge in [0.15, 0.2) is 5.82 Å². The van der Waals surface area contributed by atoms with Crippen molar-refractivity contribution in [2.75, 3.05) is 33.8 Å². The van der Waals surface area contributed by atoms with E-state index in [0.29, 0.717) is 19.7 Å². The highest BCUT2D eigenvalue weighted by molar-refractivity contribution is 5.94. The van der Waals surface area contributed by atoms with Crippen molar-refractivity contribution < 1.29 is 13.9 Å². The third kappa shape index (κ3) is 3.86. The minimum absolute atomic E-state index is 0.0430. The van der Waals surface area contributed by atoms with Crippen molar-refractivity contribution in [1.29, 1.82) is 0 Å². The Morgan fingerprint density at radius 2 is 2.08 bits per heavy atom. The summed E-state index contributed by atoms with van der Waals surface area (Å²) < 4.78 is 20.0. The highest BCUT2D eigenvalue weighted by Crippen LogP contribution is 2.31. The van der Waals surface area contributed by atoms with Crippen LogP contribution < -0.4 is 0 Å². The summed E-state index contributed by atoms with van der Waals surface area (Å²) >= 11 is 0. The zero-order valence-electron chi connectivity index (χ0n) is 14.4. The fourth-order valence-electron chi connectivity index (χ4n) is 3.22. The van der Waals surface area contributed by atoms with Crippen LogP contribution in [0.1, 0.15) is 22.0 Å². The van der Waals surface area contributed by atoms with Gasteiger partial charge >= 0.3 is 0 Å². The SMILES string of the molecule is CN(C)C[C@@H]1OCCN(C(=O)c2ccncc2F)[C@H]1c1ccccc1. The van der Waals surface area contributed by atoms with Crippen LogP contribution >= 0.6 is 0 Å². The lowest BCUT2D eigenvalue weighted by Crippen LogP contribution is -2.51. The zero-order valence-corrected chi connectivity index (χ0v) is 14.4. The number of carbonyl (C=O) groups is 1. The fraction of sp³-hybridized carbons (Fsp3) is 0.368. The second kappa shape index (κ2) is 7.72. The third-order valence-electron chi connectivity index (χ3n) is 4.30. The number of morpholine rings is 1. The van der Waals surface area contributed by atoms with Gasteiger partial charge in [0.25, 0.3) is 5.91 Å². The van der Waals surface area contributed by atoms with E-state index in [2.05, 4.69) is 4.98 Å². The second-order valence-electron chi connectivity index (χ2n) is 6.38. The monoisotopic (exact) mass is 343 g/mol. The number of ether oxygens (including phenoxy) is 1. The summed E-state index contributed by atoms with van der Waals surface area (Å²) in [5.41, 5.74) is 1.03. The van der Waals surface area contributed by atoms with Crippen LogP contribution in [-0.4, -0.2) is 60.6 Å². The first-order chi connectivity index (χ1) is 12.1. The fourth-order valence-corrected chi connectivity index (χ4v) is 3.22. The van der Waals surface area contributed by atoms with Crippen molar-refractivity contribution in [2.45, 2.75) is 12.1 Å². The Bertz CT molecular complexity index is 724. The van der Waals surface area contributed by atoms with Crippen LogP contribution in [0.2, 0.25) is 0 Å². The number of amides is 1. The van der Waals surface area contributed by atoms with E-state index in [1.54, 1.807) is 4.90 Å². The molecule has 2 atom stereocenters. The highest BCUT2D eigenvalue weighted by Gasteiger charge is 2.37. The van der Waals surface area contributed by atoms with Crippen LogP contribution in [0.3, 0.4) is 0 Å². The van der Waals surface area contributed by atoms with E-state index >= 15 is 0 Å². The van der Waals surface area contributed by atoms with Crippen LogP contribution in [-0.2, 0) is 4.74 Å². The molecule has 0 radical (unpaired) electrons. The topological polar surface area (TPSA) is 45.7 Å². The molecule has 0 spiro atoms. The average Bonchev–Trinajstić information content (AvgIpc) is 2.61. The maximum Gasteiger partial charge on any atom is 0.257 e. The molecule has 132 valence electrons. The minimum Gasteiger partial charge on any atom is -0.373 e. The van der Waals surface area contributed by atoms with Crippen LogP contribution in [0.15, 0.2) is 48.8 Å². The van der Waals surface area contributed by atoms with Gasteiger partial charge in [-0.25, -0.2) is 4.39 Å². The molecule has 0 aliphatic carbocycles. The molecule has 3 rings (SSSR count). The maximum atomic E-state index is 14.1. The van der Waals surface area contributed by atoms with Crippen molar-refractivity contribution in [3.05, 3.63) is 65.7 Å². The molecule has 1 aromatic carbocycles. The van der Waals surface area contributed by atoms with E-state index in [-0.39, 0.29) is 23.6 Å². The molecule has 25 heavy (non-hydrogen) atoms. The van der Waals surface area contributed by atoms with Gasteiger partial charge in [-0.2, -0.15) is 0 Å². The number of carbonyl (C=O) groups excluding carboxylic acids is 1. The molecule has 0 N–H and O–H groups in total. The molecule has 1 aliphatic rings. The lowest BCUT2D eigenvalue weighted by molar-refractivity contribution is -0.0685. The van der Waals surface area contributed by atoms with Gasteiger partial charge in [0.2, 0.25) is 0 Å². The Hall–Kier alpha value is -2.31. The van der Waals surface area contributed by atoms with E-state index in [1.165, 1.54) is 12.3 Å². The lowest BCUT2D eigenvalue weighted by atomic mass is 9.96. The van der Waals surface area contributed by atoms with Crippen LogP contribution in [0.25, 0.3) is 0 Å². The summed E-state index contributed by atoms with van der Waals surface area (Å²) in [7, 11) is 3.93. The number of halogens is 1. The molecule has 2 heterocycles. The molecule has 1 aliphatic heterocycles. The number of rotatable bonds is 4. The van der Waals surface area contributed by atoms with E-state index in [4.69, 9.17) is 4.74 Å². The quantitative estimate of drug-likeness (QED) is 0.855. The second-order valence-corrected chi connectivity index (χ2v) is 6.38. The summed E-state index contributed by atoms with van der Waals surface area (Å²) in [5, 5.41) is 0. The molecule has 1 amide bonds. The van der Waals surface area contributed by atoms with Gasteiger partial charge in [-0.05, 0) is 25.7 Å². The van der Waals surface area contributed by atoms with Gasteiger partial charge in [-0.15, -0.1) is 0 Å². The first kappa shape index (κ1) is 17.5. The number of aromatic nitrogens is 1. The maximum absolute atomic E-state index is 14.1. The summed E-state index contributed by atoms with van der Waals surface area (Å²) in [6.07, 6.45) is 2.33. The van der Waals surface area contributed by atoms with Crippen LogP contribution in [0.5, 0.6) is 0 Å². The minimum atomic E-state index is -0.602. The molecule has 0 saturated carbocycles. The molecular formula is C19H22FN3O2. The van der Waals surface area contributed by atoms with Gasteiger partial charge in [0, 0.05) is 19.3 Å². The average molecular weight is 343 g/mol. The predicted octanol–water partition coefficient (Wildman–Crippen LogP) is 2.36. The van der Waals surface area contributed by atoms with Gasteiger partial charge in [0.05, 0.1) is 30.5 Å². The zero-order chi connectivity index (χ0) is 17.8. The number of benzene rings is 1. The van der Waals surface area contributed by atoms with Crippen molar-refractivity contribution in [3.63, 3.8) is 0 Å². The summed E-state index contributed by atoms with van der Waals surface area (Å²) in [4.78, 5) is 20.5. The third-order valence-corrected chi connectivity index (χ3v) is 4.30. The molecule has 5 nitrogen and oxygen atoms in total. The number of pyridine rings is 1. The summed E-state index contributed by atoms with van der Waals surface area (Å²) in [6, 6.07) is 10.9. The molecule has 2 aromatic rings. The molecule has 0 unspecified atom stereocenters. The van der Waals surface area contributed by atoms with Gasteiger partial charge in [-0.1, -0.05) is 30.3 Å². The molecule has 1 saturated heterocycles. The number of likely N-dealkylation sites (N-methyl/N-ethyl adjacent to an activating group) is 1. The number of hydrogen-bond acceptors (Lipinski definition) is 4. The first-order valence-corrected chi connectivity index (χ1v) is 8.29. The van der Waals surface area contributed by atoms with E-state index in [0.717, 1.165) is 11.8 Å². The Kier molecular flexibility index (Phi) is 5.40. The Balaban J connectivity index is 1.97. The van der Waals surface area contributed by atoms with Crippen molar-refractivity contribution in [1.82, 2.24) is 14.8 Å². The Labute approximate surface area is 147 Å². The number of hydrogen-bond donors (Lipinski definition) is 0. The molecule has 1 fully saturated rings. The van der Waals surface area contributed by atoms with Gasteiger partial charge in [0.1, 0.15) is 0 Å². The van der Waals surface area contributed by atoms with E-state index in [1.807, 2.05) is 49.3 Å². The molecule has 1 aromatic heterocycles. The standard InChI is InChI=1S/C19H22FN3O2/c1-22(2)13-17-18(14-6-4-3-5-7-14)23(10-11-25-17)19(24)15-8-9-21-12-16(15)20/h3-9,12,17-18H,10-11,13H2,1-2H3/t17-,18-/m0/s1. The predicted molar refractivity (Wildman–Crippen MR) is 92.7 cm³/mol. The smallest absolute Gasteiger partial charge is 0.257 e. The normalized spacial score (nSPS) is 20.7. The van der Waals surface area contributed by atoms with Crippen molar-refractivity contribution in [2.24, 2.45) is 0 Å². The van der Waals surface area contributed by atoms with E-state index < -0.39 is 5.82 Å². The number of nitrogens with zero attached hydrogens (tertiary/aromatic N) is 3. The highest BCUT2D eigenvalue weighted by atomic mass is 19.1. The first-order valence-electron chi connectivity index (χ1n) is 8.29. The molecular weight excluding hydrogens is 321 g/mol. The summed E-state index contributed by atoms with van der Waals surface area (Å²) in [5.74, 6) is -0.934. The Morgan fingerprint density at radius 3 is 2.76 bits per heavy atom. The van der Waals surface area contributed by atoms with Crippen LogP contribution in [0.4, 0.5) is 4.39 Å². The van der Waals surface area contributed by atoms with Crippen molar-refractivity contribution in [3.8, 4) is 0 Å². The Morgan fingerprint density at radius 1 is 1.32 bits per heavy atom. The van der Waals surface area contributed by atoms with Crippen LogP contribution in [0, 0.1) is 5.82 Å². The molecule has 0 bridgehead atoms. The van der Waals surface area contributed by atoms with E-state index in [9.17, 15) is 9.18 Å². The summed E-state index contributed by atoms with van der Waals surface area (Å²) in [6.45, 7) is 1.52. The largest absolute Gasteiger partial charge is 0.373 e.